The van der Waals surface area contributed by atoms with Crippen molar-refractivity contribution in [3.8, 4) is 5.75 Å². The molecule has 0 spiro atoms. The summed E-state index contributed by atoms with van der Waals surface area (Å²) in [6, 6.07) is 14.4. The minimum atomic E-state index is -1.11. The lowest BCUT2D eigenvalue weighted by atomic mass is 9.95. The lowest BCUT2D eigenvalue weighted by Crippen LogP contribution is -2.29. The van der Waals surface area contributed by atoms with Crippen LogP contribution < -0.4 is 4.74 Å². The summed E-state index contributed by atoms with van der Waals surface area (Å²) in [7, 11) is 0. The molecule has 1 aliphatic rings. The number of hydrogen-bond acceptors (Lipinski definition) is 5. The summed E-state index contributed by atoms with van der Waals surface area (Å²) in [5.41, 5.74) is 0.213. The van der Waals surface area contributed by atoms with Gasteiger partial charge in [0.1, 0.15) is 29.7 Å². The van der Waals surface area contributed by atoms with E-state index in [1.807, 2.05) is 0 Å². The molecule has 0 saturated carbocycles. The van der Waals surface area contributed by atoms with Gasteiger partial charge in [0.2, 0.25) is 0 Å². The van der Waals surface area contributed by atoms with Crippen molar-refractivity contribution in [3.63, 3.8) is 0 Å². The Balaban J connectivity index is 1.80. The van der Waals surface area contributed by atoms with E-state index >= 15 is 0 Å². The van der Waals surface area contributed by atoms with Gasteiger partial charge in [0.05, 0.1) is 24.4 Å². The standard InChI is InChI=1S/C25H20FNO5/c1-2-13-31-17-11-9-16(10-12-17)23(28)21-22(19-7-3-4-8-20(19)26)27(25(30)24(21)29)15-18-6-5-14-32-18/h2-12,14,22,28H,1,13,15H2/t22-/m0/s1. The maximum atomic E-state index is 14.8. The summed E-state index contributed by atoms with van der Waals surface area (Å²) >= 11 is 0. The zero-order chi connectivity index (χ0) is 22.7. The first kappa shape index (κ1) is 21.1. The summed E-state index contributed by atoms with van der Waals surface area (Å²) in [5.74, 6) is -1.75. The van der Waals surface area contributed by atoms with E-state index in [-0.39, 0.29) is 17.7 Å². The summed E-state index contributed by atoms with van der Waals surface area (Å²) in [4.78, 5) is 27.0. The van der Waals surface area contributed by atoms with Gasteiger partial charge in [-0.05, 0) is 42.5 Å². The SMILES string of the molecule is C=CCOc1ccc(C(O)=C2C(=O)C(=O)N(Cc3ccco3)[C@H]2c2ccccc2F)cc1. The Kier molecular flexibility index (Phi) is 5.89. The maximum Gasteiger partial charge on any atom is 0.296 e. The van der Waals surface area contributed by atoms with Crippen LogP contribution in [-0.4, -0.2) is 28.3 Å². The molecule has 0 aliphatic carbocycles. The van der Waals surface area contributed by atoms with E-state index < -0.39 is 29.3 Å². The predicted octanol–water partition coefficient (Wildman–Crippen LogP) is 4.61. The van der Waals surface area contributed by atoms with Crippen LogP contribution in [0.3, 0.4) is 0 Å². The number of benzene rings is 2. The molecule has 3 aromatic rings. The van der Waals surface area contributed by atoms with E-state index in [4.69, 9.17) is 9.15 Å². The first-order chi connectivity index (χ1) is 15.5. The number of furan rings is 1. The number of ether oxygens (including phenoxy) is 1. The maximum absolute atomic E-state index is 14.8. The predicted molar refractivity (Wildman–Crippen MR) is 115 cm³/mol. The van der Waals surface area contributed by atoms with E-state index in [9.17, 15) is 19.1 Å². The summed E-state index contributed by atoms with van der Waals surface area (Å²) in [5, 5.41) is 11.0. The Morgan fingerprint density at radius 2 is 1.88 bits per heavy atom. The van der Waals surface area contributed by atoms with E-state index in [1.165, 1.54) is 29.4 Å². The molecule has 1 saturated heterocycles. The van der Waals surface area contributed by atoms with Crippen LogP contribution in [0.1, 0.15) is 22.9 Å². The average Bonchev–Trinajstić information content (AvgIpc) is 3.40. The van der Waals surface area contributed by atoms with Crippen LogP contribution in [0, 0.1) is 5.82 Å². The van der Waals surface area contributed by atoms with Crippen molar-refractivity contribution in [3.05, 3.63) is 108 Å². The van der Waals surface area contributed by atoms with Crippen LogP contribution in [0.4, 0.5) is 4.39 Å². The van der Waals surface area contributed by atoms with Crippen molar-refractivity contribution < 1.29 is 28.2 Å². The number of nitrogens with zero attached hydrogens (tertiary/aromatic N) is 1. The topological polar surface area (TPSA) is 80.0 Å². The molecule has 1 N–H and O–H groups in total. The highest BCUT2D eigenvalue weighted by atomic mass is 19.1. The zero-order valence-corrected chi connectivity index (χ0v) is 17.0. The number of halogens is 1. The number of rotatable bonds is 7. The fourth-order valence-electron chi connectivity index (χ4n) is 3.65. The molecule has 1 amide bonds. The Morgan fingerprint density at radius 3 is 2.53 bits per heavy atom. The zero-order valence-electron chi connectivity index (χ0n) is 17.0. The van der Waals surface area contributed by atoms with E-state index in [0.717, 1.165) is 0 Å². The van der Waals surface area contributed by atoms with Crippen LogP contribution in [-0.2, 0) is 16.1 Å². The Hall–Kier alpha value is -4.13. The second kappa shape index (κ2) is 8.93. The number of likely N-dealkylation sites (tertiary alicyclic amines) is 1. The van der Waals surface area contributed by atoms with Crippen molar-refractivity contribution in [2.24, 2.45) is 0 Å². The van der Waals surface area contributed by atoms with E-state index in [0.29, 0.717) is 23.7 Å². The van der Waals surface area contributed by atoms with E-state index in [2.05, 4.69) is 6.58 Å². The molecule has 0 bridgehead atoms. The van der Waals surface area contributed by atoms with Gasteiger partial charge in [-0.1, -0.05) is 30.9 Å². The third kappa shape index (κ3) is 3.92. The molecule has 0 radical (unpaired) electrons. The summed E-state index contributed by atoms with van der Waals surface area (Å²) < 4.78 is 25.5. The van der Waals surface area contributed by atoms with Gasteiger partial charge in [-0.15, -0.1) is 0 Å². The number of aliphatic hydroxyl groups is 1. The smallest absolute Gasteiger partial charge is 0.296 e. The Bertz CT molecular complexity index is 1180. The van der Waals surface area contributed by atoms with E-state index in [1.54, 1.807) is 48.5 Å². The van der Waals surface area contributed by atoms with Gasteiger partial charge in [0.25, 0.3) is 11.7 Å². The second-order valence-corrected chi connectivity index (χ2v) is 7.15. The van der Waals surface area contributed by atoms with Crippen LogP contribution in [0.5, 0.6) is 5.75 Å². The van der Waals surface area contributed by atoms with Gasteiger partial charge >= 0.3 is 0 Å². The molecular formula is C25H20FNO5. The van der Waals surface area contributed by atoms with Gasteiger partial charge in [0, 0.05) is 11.1 Å². The van der Waals surface area contributed by atoms with Crippen molar-refractivity contribution in [2.45, 2.75) is 12.6 Å². The van der Waals surface area contributed by atoms with Crippen LogP contribution in [0.2, 0.25) is 0 Å². The van der Waals surface area contributed by atoms with Gasteiger partial charge in [0.15, 0.2) is 0 Å². The summed E-state index contributed by atoms with van der Waals surface area (Å²) in [6.45, 7) is 3.85. The monoisotopic (exact) mass is 433 g/mol. The number of aliphatic hydroxyl groups excluding tert-OH is 1. The molecule has 2 aromatic carbocycles. The fraction of sp³-hybridized carbons (Fsp3) is 0.120. The first-order valence-corrected chi connectivity index (χ1v) is 9.90. The normalized spacial score (nSPS) is 17.5. The fourth-order valence-corrected chi connectivity index (χ4v) is 3.65. The summed E-state index contributed by atoms with van der Waals surface area (Å²) in [6.07, 6.45) is 3.04. The number of carbonyl (C=O) groups is 2. The highest BCUT2D eigenvalue weighted by molar-refractivity contribution is 6.46. The molecular weight excluding hydrogens is 413 g/mol. The van der Waals surface area contributed by atoms with Crippen LogP contribution >= 0.6 is 0 Å². The van der Waals surface area contributed by atoms with Gasteiger partial charge in [-0.2, -0.15) is 0 Å². The molecule has 1 atom stereocenters. The van der Waals surface area contributed by atoms with Gasteiger partial charge < -0.3 is 19.2 Å². The molecule has 1 aromatic heterocycles. The molecule has 6 nitrogen and oxygen atoms in total. The van der Waals surface area contributed by atoms with Crippen LogP contribution in [0.15, 0.2) is 89.6 Å². The quantitative estimate of drug-likeness (QED) is 0.255. The third-order valence-electron chi connectivity index (χ3n) is 5.14. The molecule has 2 heterocycles. The molecule has 162 valence electrons. The molecule has 0 unspecified atom stereocenters. The van der Waals surface area contributed by atoms with Crippen molar-refractivity contribution in [2.75, 3.05) is 6.61 Å². The average molecular weight is 433 g/mol. The molecule has 1 fully saturated rings. The number of carbonyl (C=O) groups excluding carboxylic acids is 2. The largest absolute Gasteiger partial charge is 0.507 e. The molecule has 7 heteroatoms. The molecule has 4 rings (SSSR count). The Morgan fingerprint density at radius 1 is 1.12 bits per heavy atom. The van der Waals surface area contributed by atoms with Crippen LogP contribution in [0.25, 0.3) is 5.76 Å². The second-order valence-electron chi connectivity index (χ2n) is 7.15. The highest BCUT2D eigenvalue weighted by Gasteiger charge is 2.47. The highest BCUT2D eigenvalue weighted by Crippen LogP contribution is 2.41. The lowest BCUT2D eigenvalue weighted by molar-refractivity contribution is -0.140. The van der Waals surface area contributed by atoms with Crippen molar-refractivity contribution >= 4 is 17.4 Å². The number of amides is 1. The first-order valence-electron chi connectivity index (χ1n) is 9.90. The third-order valence-corrected chi connectivity index (χ3v) is 5.14. The van der Waals surface area contributed by atoms with Crippen molar-refractivity contribution in [1.29, 1.82) is 0 Å². The minimum absolute atomic E-state index is 0.0539. The van der Waals surface area contributed by atoms with Gasteiger partial charge in [-0.3, -0.25) is 9.59 Å². The lowest BCUT2D eigenvalue weighted by Gasteiger charge is -2.24. The number of ketones is 1. The molecule has 1 aliphatic heterocycles. The Labute approximate surface area is 183 Å². The number of Topliss-reactive ketones (excluding diaryl/α,β-unsaturated/α-hetero) is 1. The number of hydrogen-bond donors (Lipinski definition) is 1. The minimum Gasteiger partial charge on any atom is -0.507 e. The van der Waals surface area contributed by atoms with Gasteiger partial charge in [-0.25, -0.2) is 4.39 Å². The molecule has 32 heavy (non-hydrogen) atoms. The van der Waals surface area contributed by atoms with Crippen molar-refractivity contribution in [1.82, 2.24) is 4.90 Å².